The summed E-state index contributed by atoms with van der Waals surface area (Å²) in [6.45, 7) is 2.29. The van der Waals surface area contributed by atoms with E-state index in [4.69, 9.17) is 25.3 Å². The van der Waals surface area contributed by atoms with Crippen LogP contribution < -0.4 is 0 Å². The molecule has 0 N–H and O–H groups in total. The number of thiol groups is 4. The molecule has 0 saturated carbocycles. The van der Waals surface area contributed by atoms with E-state index in [0.717, 1.165) is 5.75 Å². The Morgan fingerprint density at radius 2 is 0.700 bits per heavy atom. The summed E-state index contributed by atoms with van der Waals surface area (Å²) in [5.41, 5.74) is 0. The lowest BCUT2D eigenvalue weighted by molar-refractivity contribution is 0.529. The standard InChI is InChI=1S/C26H54S4/c1-2-3-4-5-7-10-14-18-25(29)21-22-26(30)19-15-12-9-6-8-11-13-17-24(28)20-16-23-27/h24-30H,2-23H2,1H3. The SMILES string of the molecule is CCCCCCCCCC(S)CCC(S)CCCCCCCCCC(S)CCCS. The van der Waals surface area contributed by atoms with E-state index in [0.29, 0.717) is 15.7 Å². The van der Waals surface area contributed by atoms with E-state index in [1.807, 2.05) is 0 Å². The van der Waals surface area contributed by atoms with Gasteiger partial charge in [-0.05, 0) is 50.7 Å². The summed E-state index contributed by atoms with van der Waals surface area (Å²) in [5.74, 6) is 0.999. The van der Waals surface area contributed by atoms with E-state index in [-0.39, 0.29) is 0 Å². The first kappa shape index (κ1) is 31.4. The van der Waals surface area contributed by atoms with Crippen LogP contribution in [-0.4, -0.2) is 21.5 Å². The normalized spacial score (nSPS) is 14.7. The topological polar surface area (TPSA) is 0 Å². The predicted molar refractivity (Wildman–Crippen MR) is 155 cm³/mol. The molecule has 0 nitrogen and oxygen atoms in total. The van der Waals surface area contributed by atoms with Crippen LogP contribution in [0.5, 0.6) is 0 Å². The summed E-state index contributed by atoms with van der Waals surface area (Å²) >= 11 is 18.6. The second kappa shape index (κ2) is 25.0. The Balaban J connectivity index is 3.34. The lowest BCUT2D eigenvalue weighted by Crippen LogP contribution is -2.05. The van der Waals surface area contributed by atoms with E-state index in [1.165, 1.54) is 135 Å². The summed E-state index contributed by atoms with van der Waals surface area (Å²) in [6.07, 6.45) is 28.2. The van der Waals surface area contributed by atoms with E-state index >= 15 is 0 Å². The van der Waals surface area contributed by atoms with E-state index < -0.39 is 0 Å². The minimum absolute atomic E-state index is 0.582. The van der Waals surface area contributed by atoms with Crippen LogP contribution in [-0.2, 0) is 0 Å². The number of rotatable bonds is 24. The van der Waals surface area contributed by atoms with E-state index in [1.54, 1.807) is 0 Å². The fourth-order valence-corrected chi connectivity index (χ4v) is 5.34. The molecule has 182 valence electrons. The average Bonchev–Trinajstić information content (AvgIpc) is 2.74. The van der Waals surface area contributed by atoms with Gasteiger partial charge in [0.25, 0.3) is 0 Å². The highest BCUT2D eigenvalue weighted by atomic mass is 32.1. The maximum absolute atomic E-state index is 4.83. The van der Waals surface area contributed by atoms with Gasteiger partial charge in [0.1, 0.15) is 0 Å². The largest absolute Gasteiger partial charge is 0.179 e. The molecule has 0 rings (SSSR count). The predicted octanol–water partition coefficient (Wildman–Crippen LogP) is 10.0. The van der Waals surface area contributed by atoms with Gasteiger partial charge in [-0.1, -0.05) is 96.8 Å². The van der Waals surface area contributed by atoms with Gasteiger partial charge in [0, 0.05) is 15.7 Å². The zero-order valence-electron chi connectivity index (χ0n) is 20.1. The fourth-order valence-electron chi connectivity index (χ4n) is 4.13. The summed E-state index contributed by atoms with van der Waals surface area (Å²) in [5, 5.41) is 1.76. The molecule has 0 fully saturated rings. The zero-order chi connectivity index (χ0) is 22.3. The number of hydrogen-bond donors (Lipinski definition) is 4. The first-order chi connectivity index (χ1) is 14.6. The van der Waals surface area contributed by atoms with Crippen molar-refractivity contribution in [3.8, 4) is 0 Å². The molecule has 0 spiro atoms. The third-order valence-corrected chi connectivity index (χ3v) is 8.11. The van der Waals surface area contributed by atoms with Crippen molar-refractivity contribution < 1.29 is 0 Å². The lowest BCUT2D eigenvalue weighted by Gasteiger charge is -2.14. The van der Waals surface area contributed by atoms with Gasteiger partial charge in [0.2, 0.25) is 0 Å². The molecule has 4 heteroatoms. The molecule has 0 saturated heterocycles. The van der Waals surface area contributed by atoms with Crippen molar-refractivity contribution in [2.45, 2.75) is 158 Å². The van der Waals surface area contributed by atoms with Gasteiger partial charge in [-0.15, -0.1) is 0 Å². The highest BCUT2D eigenvalue weighted by Gasteiger charge is 2.08. The maximum atomic E-state index is 4.83. The Morgan fingerprint density at radius 1 is 0.400 bits per heavy atom. The maximum Gasteiger partial charge on any atom is 0.00172 e. The molecule has 3 unspecified atom stereocenters. The molecule has 0 bridgehead atoms. The third-order valence-electron chi connectivity index (χ3n) is 6.24. The highest BCUT2D eigenvalue weighted by molar-refractivity contribution is 7.81. The fraction of sp³-hybridized carbons (Fsp3) is 1.00. The Bertz CT molecular complexity index is 324. The molecule has 0 aliphatic heterocycles. The Morgan fingerprint density at radius 3 is 1.07 bits per heavy atom. The van der Waals surface area contributed by atoms with Crippen molar-refractivity contribution in [3.63, 3.8) is 0 Å². The minimum atomic E-state index is 0.582. The van der Waals surface area contributed by atoms with Crippen LogP contribution in [0.4, 0.5) is 0 Å². The minimum Gasteiger partial charge on any atom is -0.179 e. The third kappa shape index (κ3) is 24.1. The van der Waals surface area contributed by atoms with Crippen LogP contribution in [0.25, 0.3) is 0 Å². The van der Waals surface area contributed by atoms with Gasteiger partial charge in [-0.3, -0.25) is 0 Å². The van der Waals surface area contributed by atoms with Crippen LogP contribution in [0.3, 0.4) is 0 Å². The van der Waals surface area contributed by atoms with Crippen molar-refractivity contribution in [2.24, 2.45) is 0 Å². The second-order valence-electron chi connectivity index (χ2n) is 9.37. The van der Waals surface area contributed by atoms with Crippen LogP contribution in [0, 0.1) is 0 Å². The van der Waals surface area contributed by atoms with E-state index in [2.05, 4.69) is 32.2 Å². The molecule has 0 aromatic heterocycles. The van der Waals surface area contributed by atoms with Crippen molar-refractivity contribution in [1.29, 1.82) is 0 Å². The molecule has 0 aromatic carbocycles. The van der Waals surface area contributed by atoms with Gasteiger partial charge in [-0.2, -0.15) is 50.5 Å². The van der Waals surface area contributed by atoms with Gasteiger partial charge in [0.05, 0.1) is 0 Å². The summed E-state index contributed by atoms with van der Waals surface area (Å²) in [4.78, 5) is 0. The summed E-state index contributed by atoms with van der Waals surface area (Å²) in [7, 11) is 0. The zero-order valence-corrected chi connectivity index (χ0v) is 23.7. The summed E-state index contributed by atoms with van der Waals surface area (Å²) < 4.78 is 0. The summed E-state index contributed by atoms with van der Waals surface area (Å²) in [6, 6.07) is 0. The lowest BCUT2D eigenvalue weighted by atomic mass is 10.0. The second-order valence-corrected chi connectivity index (χ2v) is 12.0. The Hall–Kier alpha value is 1.40. The van der Waals surface area contributed by atoms with Gasteiger partial charge < -0.3 is 0 Å². The number of hydrogen-bond acceptors (Lipinski definition) is 4. The molecular formula is C26H54S4. The quantitative estimate of drug-likeness (QED) is 0.0744. The van der Waals surface area contributed by atoms with Gasteiger partial charge >= 0.3 is 0 Å². The van der Waals surface area contributed by atoms with Gasteiger partial charge in [0.15, 0.2) is 0 Å². The van der Waals surface area contributed by atoms with E-state index in [9.17, 15) is 0 Å². The van der Waals surface area contributed by atoms with Crippen LogP contribution >= 0.6 is 50.5 Å². The molecule has 0 aliphatic rings. The molecule has 0 radical (unpaired) electrons. The monoisotopic (exact) mass is 494 g/mol. The average molecular weight is 495 g/mol. The Labute approximate surface area is 212 Å². The van der Waals surface area contributed by atoms with Gasteiger partial charge in [-0.25, -0.2) is 0 Å². The van der Waals surface area contributed by atoms with Crippen LogP contribution in [0.1, 0.15) is 142 Å². The highest BCUT2D eigenvalue weighted by Crippen LogP contribution is 2.21. The molecular weight excluding hydrogens is 441 g/mol. The smallest absolute Gasteiger partial charge is 0.00172 e. The molecule has 0 aromatic rings. The Kier molecular flexibility index (Phi) is 26.2. The molecule has 0 aliphatic carbocycles. The van der Waals surface area contributed by atoms with Crippen LogP contribution in [0.2, 0.25) is 0 Å². The van der Waals surface area contributed by atoms with Crippen molar-refractivity contribution >= 4 is 50.5 Å². The molecule has 0 heterocycles. The first-order valence-corrected chi connectivity index (χ1v) is 15.4. The van der Waals surface area contributed by atoms with Crippen molar-refractivity contribution in [2.75, 3.05) is 5.75 Å². The molecule has 30 heavy (non-hydrogen) atoms. The van der Waals surface area contributed by atoms with Crippen LogP contribution in [0.15, 0.2) is 0 Å². The van der Waals surface area contributed by atoms with Crippen molar-refractivity contribution in [3.05, 3.63) is 0 Å². The number of unbranched alkanes of at least 4 members (excludes halogenated alkanes) is 12. The van der Waals surface area contributed by atoms with Crippen molar-refractivity contribution in [1.82, 2.24) is 0 Å². The molecule has 0 amide bonds. The first-order valence-electron chi connectivity index (χ1n) is 13.2. The molecule has 3 atom stereocenters.